The molecule has 1 aromatic heterocycles. The maximum Gasteiger partial charge on any atom is 0.236 e. The summed E-state index contributed by atoms with van der Waals surface area (Å²) in [6.45, 7) is 4.39. The molecule has 0 spiro atoms. The Labute approximate surface area is 126 Å². The summed E-state index contributed by atoms with van der Waals surface area (Å²) in [6.07, 6.45) is 1.82. The first kappa shape index (κ1) is 15.7. The van der Waals surface area contributed by atoms with Crippen molar-refractivity contribution in [3.05, 3.63) is 23.9 Å². The monoisotopic (exact) mass is 292 g/mol. The molecule has 1 aromatic rings. The highest BCUT2D eigenvalue weighted by molar-refractivity contribution is 5.77. The van der Waals surface area contributed by atoms with E-state index in [4.69, 9.17) is 4.74 Å². The predicted molar refractivity (Wildman–Crippen MR) is 82.3 cm³/mol. The second-order valence-corrected chi connectivity index (χ2v) is 5.46. The largest absolute Gasteiger partial charge is 0.383 e. The van der Waals surface area contributed by atoms with Crippen molar-refractivity contribution >= 4 is 11.7 Å². The van der Waals surface area contributed by atoms with Crippen LogP contribution in [0.15, 0.2) is 18.3 Å². The fourth-order valence-corrected chi connectivity index (χ4v) is 2.41. The summed E-state index contributed by atoms with van der Waals surface area (Å²) in [5, 5.41) is 0. The molecular weight excluding hydrogens is 268 g/mol. The number of anilines is 1. The van der Waals surface area contributed by atoms with Crippen LogP contribution in [0.3, 0.4) is 0 Å². The van der Waals surface area contributed by atoms with Gasteiger partial charge in [-0.2, -0.15) is 0 Å². The molecule has 1 amide bonds. The van der Waals surface area contributed by atoms with Crippen molar-refractivity contribution in [2.24, 2.45) is 0 Å². The molecule has 0 radical (unpaired) electrons. The van der Waals surface area contributed by atoms with Gasteiger partial charge in [-0.05, 0) is 6.07 Å². The Hall–Kier alpha value is -1.66. The van der Waals surface area contributed by atoms with Gasteiger partial charge in [0.1, 0.15) is 5.82 Å². The van der Waals surface area contributed by atoms with Gasteiger partial charge in [0.05, 0.1) is 13.2 Å². The summed E-state index contributed by atoms with van der Waals surface area (Å²) >= 11 is 0. The van der Waals surface area contributed by atoms with Crippen LogP contribution in [0.4, 0.5) is 5.82 Å². The standard InChI is InChI=1S/C15H24N4O2/c1-17(2)14(20)12-18-7-8-19(9-10-21-3)15-13(11-18)5-4-6-16-15/h4-6H,7-12H2,1-3H3. The van der Waals surface area contributed by atoms with Gasteiger partial charge in [-0.15, -0.1) is 0 Å². The van der Waals surface area contributed by atoms with Gasteiger partial charge in [0, 0.05) is 59.1 Å². The number of nitrogens with zero attached hydrogens (tertiary/aromatic N) is 4. The van der Waals surface area contributed by atoms with Crippen molar-refractivity contribution in [2.75, 3.05) is 58.9 Å². The Morgan fingerprint density at radius 1 is 1.43 bits per heavy atom. The molecule has 0 N–H and O–H groups in total. The number of rotatable bonds is 5. The van der Waals surface area contributed by atoms with Crippen LogP contribution in [-0.4, -0.2) is 74.7 Å². The zero-order valence-electron chi connectivity index (χ0n) is 13.1. The molecule has 6 heteroatoms. The quantitative estimate of drug-likeness (QED) is 0.788. The van der Waals surface area contributed by atoms with Crippen LogP contribution in [0.5, 0.6) is 0 Å². The van der Waals surface area contributed by atoms with E-state index in [0.717, 1.165) is 37.6 Å². The third-order valence-corrected chi connectivity index (χ3v) is 3.67. The molecular formula is C15H24N4O2. The van der Waals surface area contributed by atoms with Crippen molar-refractivity contribution in [3.63, 3.8) is 0 Å². The SMILES string of the molecule is COCCN1CCN(CC(=O)N(C)C)Cc2cccnc21. The Morgan fingerprint density at radius 2 is 2.24 bits per heavy atom. The van der Waals surface area contributed by atoms with E-state index in [9.17, 15) is 4.79 Å². The van der Waals surface area contributed by atoms with Crippen LogP contribution in [0, 0.1) is 0 Å². The Balaban J connectivity index is 2.12. The summed E-state index contributed by atoms with van der Waals surface area (Å²) < 4.78 is 5.18. The lowest BCUT2D eigenvalue weighted by molar-refractivity contribution is -0.130. The van der Waals surface area contributed by atoms with Crippen molar-refractivity contribution < 1.29 is 9.53 Å². The number of aromatic nitrogens is 1. The molecule has 1 aliphatic rings. The van der Waals surface area contributed by atoms with E-state index in [2.05, 4.69) is 20.9 Å². The maximum absolute atomic E-state index is 11.9. The number of ether oxygens (including phenoxy) is 1. The first-order valence-electron chi connectivity index (χ1n) is 7.22. The van der Waals surface area contributed by atoms with Gasteiger partial charge in [-0.25, -0.2) is 4.98 Å². The molecule has 0 unspecified atom stereocenters. The van der Waals surface area contributed by atoms with Crippen molar-refractivity contribution in [1.82, 2.24) is 14.8 Å². The molecule has 6 nitrogen and oxygen atoms in total. The molecule has 0 bridgehead atoms. The lowest BCUT2D eigenvalue weighted by Crippen LogP contribution is -2.39. The van der Waals surface area contributed by atoms with Gasteiger partial charge in [0.2, 0.25) is 5.91 Å². The predicted octanol–water partition coefficient (Wildman–Crippen LogP) is 0.438. The maximum atomic E-state index is 11.9. The third kappa shape index (κ3) is 4.15. The summed E-state index contributed by atoms with van der Waals surface area (Å²) in [4.78, 5) is 22.5. The number of carbonyl (C=O) groups excluding carboxylic acids is 1. The average molecular weight is 292 g/mol. The van der Waals surface area contributed by atoms with Crippen molar-refractivity contribution in [3.8, 4) is 0 Å². The highest BCUT2D eigenvalue weighted by Crippen LogP contribution is 2.22. The number of likely N-dealkylation sites (N-methyl/N-ethyl adjacent to an activating group) is 1. The molecule has 2 rings (SSSR count). The molecule has 116 valence electrons. The van der Waals surface area contributed by atoms with Gasteiger partial charge in [0.25, 0.3) is 0 Å². The number of hydrogen-bond donors (Lipinski definition) is 0. The van der Waals surface area contributed by atoms with E-state index >= 15 is 0 Å². The molecule has 1 aliphatic heterocycles. The Morgan fingerprint density at radius 3 is 2.95 bits per heavy atom. The van der Waals surface area contributed by atoms with Crippen LogP contribution in [-0.2, 0) is 16.1 Å². The topological polar surface area (TPSA) is 48.9 Å². The van der Waals surface area contributed by atoms with Gasteiger partial charge in [0.15, 0.2) is 0 Å². The second kappa shape index (κ2) is 7.38. The number of carbonyl (C=O) groups is 1. The van der Waals surface area contributed by atoms with Gasteiger partial charge >= 0.3 is 0 Å². The highest BCUT2D eigenvalue weighted by atomic mass is 16.5. The lowest BCUT2D eigenvalue weighted by Gasteiger charge is -2.23. The van der Waals surface area contributed by atoms with E-state index in [1.807, 2.05) is 12.3 Å². The fourth-order valence-electron chi connectivity index (χ4n) is 2.41. The van der Waals surface area contributed by atoms with Crippen LogP contribution < -0.4 is 4.90 Å². The van der Waals surface area contributed by atoms with E-state index in [1.165, 1.54) is 0 Å². The number of hydrogen-bond acceptors (Lipinski definition) is 5. The summed E-state index contributed by atoms with van der Waals surface area (Å²) in [7, 11) is 5.29. The summed E-state index contributed by atoms with van der Waals surface area (Å²) in [5.41, 5.74) is 1.16. The summed E-state index contributed by atoms with van der Waals surface area (Å²) in [6, 6.07) is 4.03. The molecule has 21 heavy (non-hydrogen) atoms. The zero-order chi connectivity index (χ0) is 15.2. The third-order valence-electron chi connectivity index (χ3n) is 3.67. The minimum atomic E-state index is 0.130. The molecule has 2 heterocycles. The normalized spacial score (nSPS) is 15.5. The first-order chi connectivity index (χ1) is 10.1. The zero-order valence-corrected chi connectivity index (χ0v) is 13.1. The molecule has 0 saturated heterocycles. The van der Waals surface area contributed by atoms with Crippen molar-refractivity contribution in [2.45, 2.75) is 6.54 Å². The average Bonchev–Trinajstić information content (AvgIpc) is 2.64. The van der Waals surface area contributed by atoms with Gasteiger partial charge < -0.3 is 14.5 Å². The van der Waals surface area contributed by atoms with Crippen LogP contribution >= 0.6 is 0 Å². The lowest BCUT2D eigenvalue weighted by atomic mass is 10.2. The number of amides is 1. The van der Waals surface area contributed by atoms with E-state index in [-0.39, 0.29) is 5.91 Å². The van der Waals surface area contributed by atoms with Crippen LogP contribution in [0.2, 0.25) is 0 Å². The van der Waals surface area contributed by atoms with E-state index < -0.39 is 0 Å². The van der Waals surface area contributed by atoms with E-state index in [1.54, 1.807) is 26.1 Å². The summed E-state index contributed by atoms with van der Waals surface area (Å²) in [5.74, 6) is 1.14. The Bertz CT molecular complexity index is 478. The molecule has 0 aromatic carbocycles. The minimum absolute atomic E-state index is 0.130. The number of pyridine rings is 1. The number of fused-ring (bicyclic) bond motifs is 1. The van der Waals surface area contributed by atoms with Crippen molar-refractivity contribution in [1.29, 1.82) is 0 Å². The Kier molecular flexibility index (Phi) is 5.52. The van der Waals surface area contributed by atoms with Crippen LogP contribution in [0.25, 0.3) is 0 Å². The first-order valence-corrected chi connectivity index (χ1v) is 7.22. The van der Waals surface area contributed by atoms with E-state index in [0.29, 0.717) is 13.2 Å². The molecule has 0 fully saturated rings. The number of methoxy groups -OCH3 is 1. The smallest absolute Gasteiger partial charge is 0.236 e. The molecule has 0 saturated carbocycles. The molecule has 0 atom stereocenters. The van der Waals surface area contributed by atoms with Crippen LogP contribution in [0.1, 0.15) is 5.56 Å². The minimum Gasteiger partial charge on any atom is -0.383 e. The van der Waals surface area contributed by atoms with Gasteiger partial charge in [-0.1, -0.05) is 6.07 Å². The molecule has 0 aliphatic carbocycles. The highest BCUT2D eigenvalue weighted by Gasteiger charge is 2.22. The van der Waals surface area contributed by atoms with Gasteiger partial charge in [-0.3, -0.25) is 9.69 Å². The second-order valence-electron chi connectivity index (χ2n) is 5.46. The fraction of sp³-hybridized carbons (Fsp3) is 0.600.